The van der Waals surface area contributed by atoms with Crippen molar-refractivity contribution >= 4 is 6.29 Å². The first kappa shape index (κ1) is 8.91. The Morgan fingerprint density at radius 3 is 2.50 bits per heavy atom. The van der Waals surface area contributed by atoms with Gasteiger partial charge in [0.15, 0.2) is 18.7 Å². The van der Waals surface area contributed by atoms with Gasteiger partial charge in [0.25, 0.3) is 0 Å². The number of rotatable bonds is 4. The molecule has 1 unspecified atom stereocenters. The minimum atomic E-state index is 0.0104. The van der Waals surface area contributed by atoms with Gasteiger partial charge in [-0.05, 0) is 6.42 Å². The molecule has 0 aromatic carbocycles. The maximum Gasteiger partial charge on any atom is 0.213 e. The van der Waals surface area contributed by atoms with Crippen LogP contribution in [-0.4, -0.2) is 6.29 Å². The number of hydrogen-bond acceptors (Lipinski definition) is 1. The Bertz CT molecular complexity index is 233. The Hall–Kier alpha value is -1.18. The van der Waals surface area contributed by atoms with Crippen LogP contribution in [0.5, 0.6) is 0 Å². The van der Waals surface area contributed by atoms with Crippen LogP contribution in [0.4, 0.5) is 0 Å². The van der Waals surface area contributed by atoms with Gasteiger partial charge in [0.2, 0.25) is 6.04 Å². The van der Waals surface area contributed by atoms with Gasteiger partial charge in [0.1, 0.15) is 0 Å². The van der Waals surface area contributed by atoms with Crippen molar-refractivity contribution in [3.8, 4) is 0 Å². The molecule has 1 aromatic rings. The second-order valence-corrected chi connectivity index (χ2v) is 2.81. The standard InChI is InChI=1S/C10H14NO/c1-2-6-10(9-12)11-7-4-3-5-8-11/h3-5,7-10H,2,6H2,1H3/q+1. The van der Waals surface area contributed by atoms with Crippen molar-refractivity contribution in [3.63, 3.8) is 0 Å². The molecule has 0 radical (unpaired) electrons. The van der Waals surface area contributed by atoms with Crippen molar-refractivity contribution in [1.29, 1.82) is 0 Å². The second-order valence-electron chi connectivity index (χ2n) is 2.81. The van der Waals surface area contributed by atoms with Gasteiger partial charge < -0.3 is 0 Å². The zero-order chi connectivity index (χ0) is 8.81. The lowest BCUT2D eigenvalue weighted by molar-refractivity contribution is -0.708. The number of aromatic nitrogens is 1. The fourth-order valence-electron chi connectivity index (χ4n) is 1.22. The van der Waals surface area contributed by atoms with E-state index in [2.05, 4.69) is 6.92 Å². The average molecular weight is 164 g/mol. The van der Waals surface area contributed by atoms with Gasteiger partial charge >= 0.3 is 0 Å². The van der Waals surface area contributed by atoms with Crippen molar-refractivity contribution < 1.29 is 9.36 Å². The van der Waals surface area contributed by atoms with Crippen molar-refractivity contribution in [3.05, 3.63) is 30.6 Å². The quantitative estimate of drug-likeness (QED) is 0.488. The van der Waals surface area contributed by atoms with Gasteiger partial charge in [-0.3, -0.25) is 4.79 Å². The van der Waals surface area contributed by atoms with E-state index < -0.39 is 0 Å². The van der Waals surface area contributed by atoms with Crippen LogP contribution in [0.15, 0.2) is 30.6 Å². The molecule has 0 N–H and O–H groups in total. The number of carbonyl (C=O) groups is 1. The molecule has 0 aliphatic heterocycles. The van der Waals surface area contributed by atoms with Gasteiger partial charge in [0, 0.05) is 18.6 Å². The number of aldehydes is 1. The van der Waals surface area contributed by atoms with Crippen molar-refractivity contribution in [2.45, 2.75) is 25.8 Å². The Kier molecular flexibility index (Phi) is 3.45. The molecule has 1 heterocycles. The number of pyridine rings is 1. The smallest absolute Gasteiger partial charge is 0.213 e. The summed E-state index contributed by atoms with van der Waals surface area (Å²) >= 11 is 0. The summed E-state index contributed by atoms with van der Waals surface area (Å²) in [4.78, 5) is 10.7. The van der Waals surface area contributed by atoms with Gasteiger partial charge in [-0.2, -0.15) is 4.57 Å². The Morgan fingerprint density at radius 1 is 1.33 bits per heavy atom. The van der Waals surface area contributed by atoms with Crippen LogP contribution in [0.25, 0.3) is 0 Å². The summed E-state index contributed by atoms with van der Waals surface area (Å²) in [5.74, 6) is 0. The Morgan fingerprint density at radius 2 is 2.00 bits per heavy atom. The van der Waals surface area contributed by atoms with E-state index in [-0.39, 0.29) is 6.04 Å². The minimum Gasteiger partial charge on any atom is -0.296 e. The van der Waals surface area contributed by atoms with Crippen LogP contribution in [0.2, 0.25) is 0 Å². The number of nitrogens with zero attached hydrogens (tertiary/aromatic N) is 1. The predicted octanol–water partition coefficient (Wildman–Crippen LogP) is 1.51. The molecule has 0 aliphatic rings. The fraction of sp³-hybridized carbons (Fsp3) is 0.400. The lowest BCUT2D eigenvalue weighted by Crippen LogP contribution is -2.39. The molecule has 0 amide bonds. The van der Waals surface area contributed by atoms with Gasteiger partial charge in [-0.1, -0.05) is 13.0 Å². The zero-order valence-corrected chi connectivity index (χ0v) is 7.31. The summed E-state index contributed by atoms with van der Waals surface area (Å²) < 4.78 is 1.94. The summed E-state index contributed by atoms with van der Waals surface area (Å²) in [7, 11) is 0. The van der Waals surface area contributed by atoms with Gasteiger partial charge in [0.05, 0.1) is 0 Å². The lowest BCUT2D eigenvalue weighted by Gasteiger charge is -2.02. The largest absolute Gasteiger partial charge is 0.296 e. The first-order valence-corrected chi connectivity index (χ1v) is 4.29. The van der Waals surface area contributed by atoms with Crippen LogP contribution < -0.4 is 4.57 Å². The van der Waals surface area contributed by atoms with E-state index in [9.17, 15) is 4.79 Å². The molecule has 0 spiro atoms. The summed E-state index contributed by atoms with van der Waals surface area (Å²) in [5, 5.41) is 0. The molecule has 64 valence electrons. The molecule has 12 heavy (non-hydrogen) atoms. The third-order valence-electron chi connectivity index (χ3n) is 1.86. The summed E-state index contributed by atoms with van der Waals surface area (Å²) in [6.07, 6.45) is 6.80. The van der Waals surface area contributed by atoms with Crippen LogP contribution in [0.3, 0.4) is 0 Å². The summed E-state index contributed by atoms with van der Waals surface area (Å²) in [6, 6.07) is 5.83. The first-order valence-electron chi connectivity index (χ1n) is 4.29. The van der Waals surface area contributed by atoms with E-state index in [1.165, 1.54) is 0 Å². The molecule has 1 aromatic heterocycles. The monoisotopic (exact) mass is 164 g/mol. The van der Waals surface area contributed by atoms with Crippen LogP contribution >= 0.6 is 0 Å². The molecule has 1 rings (SSSR count). The molecule has 1 atom stereocenters. The van der Waals surface area contributed by atoms with Crippen LogP contribution in [0, 0.1) is 0 Å². The van der Waals surface area contributed by atoms with E-state index in [1.807, 2.05) is 35.2 Å². The van der Waals surface area contributed by atoms with E-state index >= 15 is 0 Å². The van der Waals surface area contributed by atoms with Crippen LogP contribution in [-0.2, 0) is 4.79 Å². The molecule has 0 aliphatic carbocycles. The topological polar surface area (TPSA) is 20.9 Å². The van der Waals surface area contributed by atoms with E-state index in [4.69, 9.17) is 0 Å². The molecule has 2 nitrogen and oxygen atoms in total. The number of hydrogen-bond donors (Lipinski definition) is 0. The zero-order valence-electron chi connectivity index (χ0n) is 7.31. The minimum absolute atomic E-state index is 0.0104. The third-order valence-corrected chi connectivity index (χ3v) is 1.86. The Balaban J connectivity index is 2.73. The van der Waals surface area contributed by atoms with Crippen molar-refractivity contribution in [2.24, 2.45) is 0 Å². The van der Waals surface area contributed by atoms with Crippen LogP contribution in [0.1, 0.15) is 25.8 Å². The molecule has 2 heteroatoms. The van der Waals surface area contributed by atoms with E-state index in [1.54, 1.807) is 0 Å². The average Bonchev–Trinajstić information content (AvgIpc) is 2.15. The Labute approximate surface area is 72.8 Å². The summed E-state index contributed by atoms with van der Waals surface area (Å²) in [5.41, 5.74) is 0. The molecule has 0 fully saturated rings. The second kappa shape index (κ2) is 4.65. The maximum absolute atomic E-state index is 10.7. The highest BCUT2D eigenvalue weighted by molar-refractivity contribution is 5.52. The number of carbonyl (C=O) groups excluding carboxylic acids is 1. The summed E-state index contributed by atoms with van der Waals surface area (Å²) in [6.45, 7) is 2.08. The molecule has 0 bridgehead atoms. The molecule has 0 saturated heterocycles. The molecule has 0 saturated carbocycles. The highest BCUT2D eigenvalue weighted by Gasteiger charge is 2.14. The fourth-order valence-corrected chi connectivity index (χ4v) is 1.22. The van der Waals surface area contributed by atoms with Gasteiger partial charge in [-0.15, -0.1) is 0 Å². The molecular formula is C10H14NO+. The first-order chi connectivity index (χ1) is 5.88. The molecular weight excluding hydrogens is 150 g/mol. The van der Waals surface area contributed by atoms with E-state index in [0.717, 1.165) is 19.1 Å². The normalized spacial score (nSPS) is 12.4. The van der Waals surface area contributed by atoms with Crippen molar-refractivity contribution in [1.82, 2.24) is 0 Å². The SMILES string of the molecule is CCCC(C=O)[n+]1ccccc1. The highest BCUT2D eigenvalue weighted by atomic mass is 16.1. The lowest BCUT2D eigenvalue weighted by atomic mass is 10.2. The highest BCUT2D eigenvalue weighted by Crippen LogP contribution is 2.01. The predicted molar refractivity (Wildman–Crippen MR) is 46.6 cm³/mol. The van der Waals surface area contributed by atoms with Gasteiger partial charge in [-0.25, -0.2) is 0 Å². The maximum atomic E-state index is 10.7. The van der Waals surface area contributed by atoms with E-state index in [0.29, 0.717) is 0 Å². The van der Waals surface area contributed by atoms with Crippen molar-refractivity contribution in [2.75, 3.05) is 0 Å². The third kappa shape index (κ3) is 2.16.